The maximum atomic E-state index is 11.3. The second kappa shape index (κ2) is 4.05. The third-order valence-electron chi connectivity index (χ3n) is 3.72. The van der Waals surface area contributed by atoms with Crippen LogP contribution in [0.2, 0.25) is 18.6 Å². The first-order valence-electron chi connectivity index (χ1n) is 5.77. The summed E-state index contributed by atoms with van der Waals surface area (Å²) in [5.41, 5.74) is 0.405. The number of benzene rings is 1. The number of hydrogen-bond donors (Lipinski definition) is 0. The number of rotatable bonds is 2. The predicted octanol–water partition coefficient (Wildman–Crippen LogP) is 2.31. The van der Waals surface area contributed by atoms with E-state index >= 15 is 0 Å². The van der Waals surface area contributed by atoms with Crippen molar-refractivity contribution in [2.24, 2.45) is 0 Å². The van der Waals surface area contributed by atoms with Gasteiger partial charge in [-0.05, 0) is 6.92 Å². The van der Waals surface area contributed by atoms with E-state index < -0.39 is 8.07 Å². The Balaban J connectivity index is 2.29. The summed E-state index contributed by atoms with van der Waals surface area (Å²) in [6.45, 7) is 6.67. The third kappa shape index (κ3) is 1.92. The molecule has 86 valence electrons. The molecule has 2 rings (SSSR count). The van der Waals surface area contributed by atoms with Gasteiger partial charge in [0.25, 0.3) is 0 Å². The van der Waals surface area contributed by atoms with Crippen LogP contribution in [-0.4, -0.2) is 20.1 Å². The third-order valence-corrected chi connectivity index (χ3v) is 8.06. The second-order valence-electron chi connectivity index (χ2n) is 5.09. The first-order chi connectivity index (χ1) is 7.51. The smallest absolute Gasteiger partial charge is 0.306 e. The lowest BCUT2D eigenvalue weighted by atomic mass is 10.2. The van der Waals surface area contributed by atoms with Crippen molar-refractivity contribution in [1.82, 2.24) is 0 Å². The number of cyclic esters (lactones) is 1. The summed E-state index contributed by atoms with van der Waals surface area (Å²) < 4.78 is 5.28. The fourth-order valence-electron chi connectivity index (χ4n) is 2.61. The molecule has 1 fully saturated rings. The van der Waals surface area contributed by atoms with Crippen LogP contribution in [0.1, 0.15) is 13.3 Å². The summed E-state index contributed by atoms with van der Waals surface area (Å²) in [5, 5.41) is 1.41. The van der Waals surface area contributed by atoms with Crippen molar-refractivity contribution in [2.45, 2.75) is 38.1 Å². The lowest BCUT2D eigenvalue weighted by Gasteiger charge is -2.30. The second-order valence-corrected chi connectivity index (χ2v) is 9.86. The van der Waals surface area contributed by atoms with E-state index in [2.05, 4.69) is 37.4 Å². The molecule has 0 unspecified atom stereocenters. The van der Waals surface area contributed by atoms with Crippen LogP contribution in [0.5, 0.6) is 0 Å². The highest BCUT2D eigenvalue weighted by Gasteiger charge is 2.44. The van der Waals surface area contributed by atoms with Crippen molar-refractivity contribution in [1.29, 1.82) is 0 Å². The molecule has 1 saturated heterocycles. The molecule has 1 aliphatic rings. The molecule has 1 aromatic rings. The number of ether oxygens (including phenoxy) is 1. The molecule has 0 spiro atoms. The lowest BCUT2D eigenvalue weighted by Crippen LogP contribution is -2.48. The fraction of sp³-hybridized carbons (Fsp3) is 0.462. The Kier molecular flexibility index (Phi) is 2.89. The summed E-state index contributed by atoms with van der Waals surface area (Å²) in [4.78, 5) is 11.3. The first-order valence-corrected chi connectivity index (χ1v) is 8.84. The largest absolute Gasteiger partial charge is 0.463 e. The van der Waals surface area contributed by atoms with Gasteiger partial charge in [-0.15, -0.1) is 0 Å². The molecule has 0 saturated carbocycles. The highest BCUT2D eigenvalue weighted by Crippen LogP contribution is 2.36. The van der Waals surface area contributed by atoms with Gasteiger partial charge in [0.2, 0.25) is 0 Å². The average molecular weight is 234 g/mol. The summed E-state index contributed by atoms with van der Waals surface area (Å²) in [5.74, 6) is -0.0333. The van der Waals surface area contributed by atoms with Crippen molar-refractivity contribution in [2.75, 3.05) is 0 Å². The molecule has 2 atom stereocenters. The minimum atomic E-state index is -1.60. The summed E-state index contributed by atoms with van der Waals surface area (Å²) in [6, 6.07) is 10.6. The zero-order chi connectivity index (χ0) is 11.8. The van der Waals surface area contributed by atoms with Crippen LogP contribution in [0.25, 0.3) is 0 Å². The van der Waals surface area contributed by atoms with Gasteiger partial charge in [-0.2, -0.15) is 0 Å². The van der Waals surface area contributed by atoms with Gasteiger partial charge in [0.15, 0.2) is 0 Å². The Morgan fingerprint density at radius 3 is 2.38 bits per heavy atom. The van der Waals surface area contributed by atoms with E-state index in [1.807, 2.05) is 13.0 Å². The molecule has 0 N–H and O–H groups in total. The van der Waals surface area contributed by atoms with Gasteiger partial charge in [-0.3, -0.25) is 4.79 Å². The normalized spacial score (nSPS) is 25.6. The number of hydrogen-bond acceptors (Lipinski definition) is 2. The molecule has 2 nitrogen and oxygen atoms in total. The highest BCUT2D eigenvalue weighted by molar-refractivity contribution is 6.91. The molecule has 3 heteroatoms. The van der Waals surface area contributed by atoms with Gasteiger partial charge in [-0.1, -0.05) is 48.6 Å². The lowest BCUT2D eigenvalue weighted by molar-refractivity contribution is -0.140. The molecule has 1 aromatic carbocycles. The minimum absolute atomic E-state index is 0.0333. The maximum Gasteiger partial charge on any atom is 0.306 e. The van der Waals surface area contributed by atoms with Crippen LogP contribution >= 0.6 is 0 Å². The van der Waals surface area contributed by atoms with Crippen LogP contribution in [0.4, 0.5) is 0 Å². The van der Waals surface area contributed by atoms with Gasteiger partial charge in [-0.25, -0.2) is 0 Å². The zero-order valence-electron chi connectivity index (χ0n) is 10.1. The van der Waals surface area contributed by atoms with Crippen molar-refractivity contribution in [3.8, 4) is 0 Å². The Morgan fingerprint density at radius 1 is 1.25 bits per heavy atom. The maximum absolute atomic E-state index is 11.3. The van der Waals surface area contributed by atoms with Crippen molar-refractivity contribution < 1.29 is 9.53 Å². The van der Waals surface area contributed by atoms with Gasteiger partial charge >= 0.3 is 5.97 Å². The van der Waals surface area contributed by atoms with E-state index in [0.29, 0.717) is 12.0 Å². The van der Waals surface area contributed by atoms with E-state index in [1.54, 1.807) is 0 Å². The standard InChI is InChI=1S/C13H18O2Si/c1-10-12(9-13(14)15-10)16(2,3)11-7-5-4-6-8-11/h4-8,10,12H,9H2,1-3H3/t10-,12+/m0/s1. The zero-order valence-corrected chi connectivity index (χ0v) is 11.1. The van der Waals surface area contributed by atoms with E-state index in [4.69, 9.17) is 4.74 Å². The molecule has 0 aliphatic carbocycles. The number of carbonyl (C=O) groups is 1. The van der Waals surface area contributed by atoms with Gasteiger partial charge in [0, 0.05) is 12.0 Å². The Labute approximate surface area is 97.6 Å². The molecule has 1 aliphatic heterocycles. The monoisotopic (exact) mass is 234 g/mol. The average Bonchev–Trinajstić information content (AvgIpc) is 2.60. The quantitative estimate of drug-likeness (QED) is 0.580. The molecule has 0 bridgehead atoms. The van der Waals surface area contributed by atoms with Gasteiger partial charge < -0.3 is 4.74 Å². The molecular formula is C13H18O2Si. The van der Waals surface area contributed by atoms with Crippen molar-refractivity contribution in [3.63, 3.8) is 0 Å². The van der Waals surface area contributed by atoms with E-state index in [9.17, 15) is 4.79 Å². The molecule has 1 heterocycles. The molecular weight excluding hydrogens is 216 g/mol. The van der Waals surface area contributed by atoms with Gasteiger partial charge in [0.05, 0.1) is 8.07 Å². The Hall–Kier alpha value is -1.09. The molecule has 0 aromatic heterocycles. The first kappa shape index (κ1) is 11.4. The highest BCUT2D eigenvalue weighted by atomic mass is 28.3. The SMILES string of the molecule is C[C@@H]1OC(=O)C[C@H]1[Si](C)(C)c1ccccc1. The van der Waals surface area contributed by atoms with Crippen LogP contribution in [-0.2, 0) is 9.53 Å². The van der Waals surface area contributed by atoms with Gasteiger partial charge in [0.1, 0.15) is 6.10 Å². The van der Waals surface area contributed by atoms with Crippen LogP contribution in [0, 0.1) is 0 Å². The molecule has 0 amide bonds. The van der Waals surface area contributed by atoms with Crippen LogP contribution in [0.3, 0.4) is 0 Å². The summed E-state index contributed by atoms with van der Waals surface area (Å²) in [6.07, 6.45) is 0.671. The Bertz CT molecular complexity index is 386. The fourth-order valence-corrected chi connectivity index (χ4v) is 6.01. The topological polar surface area (TPSA) is 26.3 Å². The minimum Gasteiger partial charge on any atom is -0.463 e. The molecule has 0 radical (unpaired) electrons. The van der Waals surface area contributed by atoms with Crippen LogP contribution in [0.15, 0.2) is 30.3 Å². The van der Waals surface area contributed by atoms with Crippen LogP contribution < -0.4 is 5.19 Å². The molecule has 16 heavy (non-hydrogen) atoms. The number of carbonyl (C=O) groups excluding carboxylic acids is 1. The Morgan fingerprint density at radius 2 is 1.88 bits per heavy atom. The van der Waals surface area contributed by atoms with E-state index in [-0.39, 0.29) is 12.1 Å². The van der Waals surface area contributed by atoms with Crippen molar-refractivity contribution >= 4 is 19.2 Å². The van der Waals surface area contributed by atoms with E-state index in [1.165, 1.54) is 5.19 Å². The number of esters is 1. The predicted molar refractivity (Wildman–Crippen MR) is 67.5 cm³/mol. The summed E-state index contributed by atoms with van der Waals surface area (Å²) in [7, 11) is -1.60. The van der Waals surface area contributed by atoms with E-state index in [0.717, 1.165) is 0 Å². The summed E-state index contributed by atoms with van der Waals surface area (Å²) >= 11 is 0. The van der Waals surface area contributed by atoms with Crippen molar-refractivity contribution in [3.05, 3.63) is 30.3 Å².